The van der Waals surface area contributed by atoms with E-state index in [0.29, 0.717) is 22.2 Å². The molecular weight excluding hydrogens is 357 g/mol. The molecule has 0 bridgehead atoms. The summed E-state index contributed by atoms with van der Waals surface area (Å²) in [5, 5.41) is 0.644. The van der Waals surface area contributed by atoms with E-state index < -0.39 is 17.7 Å². The number of rotatable bonds is 3. The van der Waals surface area contributed by atoms with Crippen molar-refractivity contribution < 1.29 is 22.7 Å². The van der Waals surface area contributed by atoms with Gasteiger partial charge in [-0.15, -0.1) is 0 Å². The Hall–Kier alpha value is -2.54. The van der Waals surface area contributed by atoms with Crippen LogP contribution in [0, 0.1) is 0 Å². The van der Waals surface area contributed by atoms with Crippen molar-refractivity contribution in [2.45, 2.75) is 13.1 Å². The van der Waals surface area contributed by atoms with Crippen LogP contribution < -0.4 is 0 Å². The predicted molar refractivity (Wildman–Crippen MR) is 87.5 cm³/mol. The highest BCUT2D eigenvalue weighted by Gasteiger charge is 2.30. The second-order valence-corrected chi connectivity index (χ2v) is 5.57. The Morgan fingerprint density at radius 3 is 2.64 bits per heavy atom. The van der Waals surface area contributed by atoms with Gasteiger partial charge in [-0.1, -0.05) is 23.7 Å². The molecular formula is C17H12ClF3N2O2. The third-order valence-corrected chi connectivity index (χ3v) is 3.99. The normalized spacial score (nSPS) is 11.7. The van der Waals surface area contributed by atoms with Crippen LogP contribution in [0.4, 0.5) is 13.2 Å². The van der Waals surface area contributed by atoms with Crippen molar-refractivity contribution in [1.82, 2.24) is 9.97 Å². The number of hydrogen-bond acceptors (Lipinski definition) is 3. The van der Waals surface area contributed by atoms with E-state index in [0.717, 1.165) is 12.3 Å². The Labute approximate surface area is 145 Å². The summed E-state index contributed by atoms with van der Waals surface area (Å²) in [5.41, 5.74) is 0.652. The predicted octanol–water partition coefficient (Wildman–Crippen LogP) is 5.08. The number of halogens is 4. The number of esters is 1. The number of aromatic nitrogens is 2. The molecule has 0 unspecified atom stereocenters. The molecule has 0 aliphatic carbocycles. The van der Waals surface area contributed by atoms with Crippen LogP contribution in [0.1, 0.15) is 23.0 Å². The fourth-order valence-corrected chi connectivity index (χ4v) is 2.81. The molecule has 1 N–H and O–H groups in total. The molecule has 3 rings (SSSR count). The average Bonchev–Trinajstić information content (AvgIpc) is 2.92. The molecule has 0 aliphatic heterocycles. The Morgan fingerprint density at radius 1 is 1.28 bits per heavy atom. The Balaban J connectivity index is 2.12. The molecule has 2 heterocycles. The number of pyridine rings is 1. The van der Waals surface area contributed by atoms with Crippen LogP contribution in [0.25, 0.3) is 22.2 Å². The largest absolute Gasteiger partial charge is 0.461 e. The van der Waals surface area contributed by atoms with E-state index in [1.807, 2.05) is 0 Å². The zero-order chi connectivity index (χ0) is 18.2. The topological polar surface area (TPSA) is 55.0 Å². The first-order valence-electron chi connectivity index (χ1n) is 7.34. The molecule has 0 spiro atoms. The molecule has 130 valence electrons. The smallest absolute Gasteiger partial charge is 0.417 e. The number of aromatic amines is 1. The molecule has 25 heavy (non-hydrogen) atoms. The van der Waals surface area contributed by atoms with Crippen molar-refractivity contribution >= 4 is 28.5 Å². The quantitative estimate of drug-likeness (QED) is 0.656. The molecule has 0 fully saturated rings. The number of benzene rings is 1. The van der Waals surface area contributed by atoms with Crippen LogP contribution in [0.15, 0.2) is 36.5 Å². The van der Waals surface area contributed by atoms with Crippen LogP contribution in [0.5, 0.6) is 0 Å². The van der Waals surface area contributed by atoms with Gasteiger partial charge in [0.05, 0.1) is 22.9 Å². The van der Waals surface area contributed by atoms with Crippen molar-refractivity contribution in [2.75, 3.05) is 6.61 Å². The van der Waals surface area contributed by atoms with Crippen LogP contribution >= 0.6 is 11.6 Å². The first-order chi connectivity index (χ1) is 11.8. The van der Waals surface area contributed by atoms with Crippen molar-refractivity contribution in [3.63, 3.8) is 0 Å². The number of ether oxygens (including phenoxy) is 1. The Kier molecular flexibility index (Phi) is 4.43. The highest BCUT2D eigenvalue weighted by Crippen LogP contribution is 2.36. The highest BCUT2D eigenvalue weighted by atomic mass is 35.5. The van der Waals surface area contributed by atoms with Gasteiger partial charge in [0.15, 0.2) is 0 Å². The maximum atomic E-state index is 12.7. The minimum Gasteiger partial charge on any atom is -0.461 e. The number of nitrogens with zero attached hydrogens (tertiary/aromatic N) is 1. The summed E-state index contributed by atoms with van der Waals surface area (Å²) in [6.45, 7) is 1.86. The van der Waals surface area contributed by atoms with E-state index in [1.165, 1.54) is 6.07 Å². The van der Waals surface area contributed by atoms with Crippen LogP contribution in [0.3, 0.4) is 0 Å². The summed E-state index contributed by atoms with van der Waals surface area (Å²) >= 11 is 6.31. The van der Waals surface area contributed by atoms with Gasteiger partial charge in [-0.05, 0) is 25.1 Å². The zero-order valence-corrected chi connectivity index (χ0v) is 13.7. The monoisotopic (exact) mass is 368 g/mol. The molecule has 8 heteroatoms. The molecule has 0 aliphatic rings. The van der Waals surface area contributed by atoms with Gasteiger partial charge in [0.1, 0.15) is 5.69 Å². The van der Waals surface area contributed by atoms with Crippen LogP contribution in [-0.4, -0.2) is 22.5 Å². The van der Waals surface area contributed by atoms with Gasteiger partial charge in [-0.3, -0.25) is 4.98 Å². The first-order valence-corrected chi connectivity index (χ1v) is 7.71. The summed E-state index contributed by atoms with van der Waals surface area (Å²) in [6, 6.07) is 7.29. The summed E-state index contributed by atoms with van der Waals surface area (Å²) in [7, 11) is 0. The summed E-state index contributed by atoms with van der Waals surface area (Å²) in [5.74, 6) is -0.602. The highest BCUT2D eigenvalue weighted by molar-refractivity contribution is 6.39. The van der Waals surface area contributed by atoms with Crippen molar-refractivity contribution in [2.24, 2.45) is 0 Å². The summed E-state index contributed by atoms with van der Waals surface area (Å²) in [6.07, 6.45) is -3.69. The van der Waals surface area contributed by atoms with Gasteiger partial charge < -0.3 is 9.72 Å². The first kappa shape index (κ1) is 17.3. The number of nitrogens with one attached hydrogen (secondary N) is 1. The number of fused-ring (bicyclic) bond motifs is 1. The lowest BCUT2D eigenvalue weighted by molar-refractivity contribution is -0.137. The number of carbonyl (C=O) groups is 1. The van der Waals surface area contributed by atoms with E-state index in [2.05, 4.69) is 9.97 Å². The summed E-state index contributed by atoms with van der Waals surface area (Å²) in [4.78, 5) is 18.7. The average molecular weight is 369 g/mol. The van der Waals surface area contributed by atoms with Crippen molar-refractivity contribution in [3.05, 3.63) is 52.8 Å². The second kappa shape index (κ2) is 6.40. The van der Waals surface area contributed by atoms with Gasteiger partial charge in [0.2, 0.25) is 0 Å². The van der Waals surface area contributed by atoms with E-state index in [4.69, 9.17) is 16.3 Å². The maximum absolute atomic E-state index is 12.7. The lowest BCUT2D eigenvalue weighted by Gasteiger charge is -2.08. The number of alkyl halides is 3. The fourth-order valence-electron chi connectivity index (χ4n) is 2.49. The molecule has 0 saturated carbocycles. The van der Waals surface area contributed by atoms with E-state index in [9.17, 15) is 18.0 Å². The standard InChI is InChI=1S/C17H12ClF3N2O2/c1-2-25-16(24)15-14(18)13-10(4-3-5-12(13)23-15)11-7-6-9(8-22-11)17(19,20)21/h3-8,23H,2H2,1H3. The maximum Gasteiger partial charge on any atom is 0.417 e. The number of carbonyl (C=O) groups excluding carboxylic acids is 1. The van der Waals surface area contributed by atoms with E-state index >= 15 is 0 Å². The van der Waals surface area contributed by atoms with Gasteiger partial charge in [0.25, 0.3) is 0 Å². The second-order valence-electron chi connectivity index (χ2n) is 5.19. The number of H-pyrrole nitrogens is 1. The minimum atomic E-state index is -4.46. The molecule has 0 radical (unpaired) electrons. The third-order valence-electron chi connectivity index (χ3n) is 3.61. The van der Waals surface area contributed by atoms with Gasteiger partial charge in [-0.2, -0.15) is 13.2 Å². The zero-order valence-electron chi connectivity index (χ0n) is 12.9. The van der Waals surface area contributed by atoms with Gasteiger partial charge >= 0.3 is 12.1 Å². The van der Waals surface area contributed by atoms with Crippen molar-refractivity contribution in [1.29, 1.82) is 0 Å². The third kappa shape index (κ3) is 3.19. The summed E-state index contributed by atoms with van der Waals surface area (Å²) < 4.78 is 43.0. The van der Waals surface area contributed by atoms with E-state index in [1.54, 1.807) is 25.1 Å². The van der Waals surface area contributed by atoms with Crippen molar-refractivity contribution in [3.8, 4) is 11.3 Å². The van der Waals surface area contributed by atoms with Gasteiger partial charge in [0, 0.05) is 22.7 Å². The molecule has 2 aromatic heterocycles. The lowest BCUT2D eigenvalue weighted by atomic mass is 10.1. The fraction of sp³-hybridized carbons (Fsp3) is 0.176. The molecule has 1 aromatic carbocycles. The molecule has 4 nitrogen and oxygen atoms in total. The van der Waals surface area contributed by atoms with Gasteiger partial charge in [-0.25, -0.2) is 4.79 Å². The SMILES string of the molecule is CCOC(=O)c1[nH]c2cccc(-c3ccc(C(F)(F)F)cn3)c2c1Cl. The van der Waals surface area contributed by atoms with Crippen LogP contribution in [-0.2, 0) is 10.9 Å². The minimum absolute atomic E-state index is 0.0953. The molecule has 0 saturated heterocycles. The number of hydrogen-bond donors (Lipinski definition) is 1. The lowest BCUT2D eigenvalue weighted by Crippen LogP contribution is -2.05. The van der Waals surface area contributed by atoms with Crippen LogP contribution in [0.2, 0.25) is 5.02 Å². The Bertz CT molecular complexity index is 933. The molecule has 0 atom stereocenters. The Morgan fingerprint density at radius 2 is 2.04 bits per heavy atom. The van der Waals surface area contributed by atoms with E-state index in [-0.39, 0.29) is 17.3 Å². The molecule has 3 aromatic rings. The molecule has 0 amide bonds.